The highest BCUT2D eigenvalue weighted by Gasteiger charge is 2.46. The molecule has 66 valence electrons. The fraction of sp³-hybridized carbons (Fsp3) is 0.667. The van der Waals surface area contributed by atoms with Crippen LogP contribution in [0, 0.1) is 0 Å². The zero-order chi connectivity index (χ0) is 8.60. The van der Waals surface area contributed by atoms with E-state index in [9.17, 15) is 0 Å². The van der Waals surface area contributed by atoms with E-state index in [0.29, 0.717) is 0 Å². The molecule has 0 bridgehead atoms. The maximum Gasteiger partial charge on any atom is 0.211 e. The number of hydrogen-bond acceptors (Lipinski definition) is 2. The van der Waals surface area contributed by atoms with E-state index in [1.807, 2.05) is 6.20 Å². The lowest BCUT2D eigenvalue weighted by molar-refractivity contribution is 0.447. The summed E-state index contributed by atoms with van der Waals surface area (Å²) in [6.45, 7) is 2.14. The number of alkyl halides is 1. The number of oxazole rings is 1. The first-order chi connectivity index (χ1) is 5.74. The first-order valence-electron chi connectivity index (χ1n) is 4.39. The van der Waals surface area contributed by atoms with Gasteiger partial charge in [0.1, 0.15) is 10.1 Å². The molecule has 3 heteroatoms. The summed E-state index contributed by atoms with van der Waals surface area (Å²) in [4.78, 5) is 4.26. The minimum atomic E-state index is 0.0962. The van der Waals surface area contributed by atoms with Crippen molar-refractivity contribution in [3.8, 4) is 0 Å². The molecule has 0 N–H and O–H groups in total. The molecule has 0 atom stereocenters. The molecule has 1 aromatic rings. The first-order valence-corrected chi connectivity index (χ1v) is 5.18. The van der Waals surface area contributed by atoms with Gasteiger partial charge >= 0.3 is 0 Å². The summed E-state index contributed by atoms with van der Waals surface area (Å²) in [5, 5.41) is 0. The summed E-state index contributed by atoms with van der Waals surface area (Å²) < 4.78 is 5.69. The fourth-order valence-corrected chi connectivity index (χ4v) is 1.58. The van der Waals surface area contributed by atoms with Crippen molar-refractivity contribution in [3.63, 3.8) is 0 Å². The highest BCUT2D eigenvalue weighted by Crippen LogP contribution is 2.53. The minimum Gasteiger partial charge on any atom is -0.444 e. The minimum absolute atomic E-state index is 0.0962. The molecule has 1 aliphatic carbocycles. The predicted octanol–water partition coefficient (Wildman–Crippen LogP) is 3.01. The third kappa shape index (κ3) is 1.42. The van der Waals surface area contributed by atoms with Crippen molar-refractivity contribution in [2.75, 3.05) is 0 Å². The Hall–Kier alpha value is -0.310. The van der Waals surface area contributed by atoms with Gasteiger partial charge < -0.3 is 4.42 Å². The summed E-state index contributed by atoms with van der Waals surface area (Å²) >= 11 is 3.61. The summed E-state index contributed by atoms with van der Waals surface area (Å²) in [6.07, 6.45) is 6.26. The van der Waals surface area contributed by atoms with Crippen molar-refractivity contribution in [2.45, 2.75) is 36.9 Å². The molecule has 1 fully saturated rings. The number of halogens is 1. The van der Waals surface area contributed by atoms with Crippen LogP contribution < -0.4 is 0 Å². The fourth-order valence-electron chi connectivity index (χ4n) is 1.20. The summed E-state index contributed by atoms with van der Waals surface area (Å²) in [5.74, 6) is 1.88. The zero-order valence-corrected chi connectivity index (χ0v) is 8.73. The molecule has 0 radical (unpaired) electrons. The molecule has 0 aromatic carbocycles. The molecule has 2 rings (SSSR count). The van der Waals surface area contributed by atoms with Crippen LogP contribution in [0.3, 0.4) is 0 Å². The van der Waals surface area contributed by atoms with Gasteiger partial charge in [-0.25, -0.2) is 4.98 Å². The summed E-state index contributed by atoms with van der Waals surface area (Å²) in [7, 11) is 0. The third-order valence-corrected chi connectivity index (χ3v) is 3.25. The van der Waals surface area contributed by atoms with E-state index in [1.165, 1.54) is 0 Å². The van der Waals surface area contributed by atoms with Crippen LogP contribution in [0.25, 0.3) is 0 Å². The monoisotopic (exact) mass is 229 g/mol. The molecule has 0 spiro atoms. The molecule has 0 unspecified atom stereocenters. The van der Waals surface area contributed by atoms with Crippen LogP contribution in [0.5, 0.6) is 0 Å². The number of rotatable bonds is 3. The van der Waals surface area contributed by atoms with Gasteiger partial charge in [0.2, 0.25) is 5.89 Å². The maximum atomic E-state index is 5.59. The maximum absolute atomic E-state index is 5.59. The van der Waals surface area contributed by atoms with Crippen molar-refractivity contribution >= 4 is 15.9 Å². The second-order valence-electron chi connectivity index (χ2n) is 3.35. The lowest BCUT2D eigenvalue weighted by atomic mass is 10.3. The van der Waals surface area contributed by atoms with Crippen molar-refractivity contribution in [2.24, 2.45) is 0 Å². The Labute approximate surface area is 80.5 Å². The average Bonchev–Trinajstić information content (AvgIpc) is 2.64. The molecule has 1 aliphatic rings. The van der Waals surface area contributed by atoms with Crippen molar-refractivity contribution in [1.82, 2.24) is 4.98 Å². The van der Waals surface area contributed by atoms with Crippen LogP contribution in [-0.2, 0) is 10.7 Å². The Kier molecular flexibility index (Phi) is 1.99. The second-order valence-corrected chi connectivity index (χ2v) is 4.87. The van der Waals surface area contributed by atoms with E-state index in [2.05, 4.69) is 27.8 Å². The lowest BCUT2D eigenvalue weighted by Gasteiger charge is -1.97. The van der Waals surface area contributed by atoms with E-state index >= 15 is 0 Å². The molecule has 0 saturated heterocycles. The van der Waals surface area contributed by atoms with Crippen LogP contribution in [0.15, 0.2) is 10.6 Å². The van der Waals surface area contributed by atoms with Crippen molar-refractivity contribution in [1.29, 1.82) is 0 Å². The van der Waals surface area contributed by atoms with E-state index in [-0.39, 0.29) is 4.32 Å². The molecule has 0 aliphatic heterocycles. The standard InChI is InChI=1S/C9H12BrNO/c1-2-3-7-6-11-8(12-7)9(10)4-5-9/h6H,2-5H2,1H3. The van der Waals surface area contributed by atoms with Gasteiger partial charge in [0, 0.05) is 6.42 Å². The van der Waals surface area contributed by atoms with Gasteiger partial charge in [-0.1, -0.05) is 22.9 Å². The predicted molar refractivity (Wildman–Crippen MR) is 50.3 cm³/mol. The zero-order valence-electron chi connectivity index (χ0n) is 7.14. The van der Waals surface area contributed by atoms with Crippen molar-refractivity contribution < 1.29 is 4.42 Å². The molecule has 12 heavy (non-hydrogen) atoms. The van der Waals surface area contributed by atoms with Crippen LogP contribution in [0.2, 0.25) is 0 Å². The van der Waals surface area contributed by atoms with Crippen LogP contribution in [0.1, 0.15) is 37.8 Å². The van der Waals surface area contributed by atoms with E-state index < -0.39 is 0 Å². The average molecular weight is 230 g/mol. The highest BCUT2D eigenvalue weighted by molar-refractivity contribution is 9.09. The van der Waals surface area contributed by atoms with Gasteiger partial charge in [0.15, 0.2) is 0 Å². The van der Waals surface area contributed by atoms with Gasteiger partial charge in [0.05, 0.1) is 6.20 Å². The Morgan fingerprint density at radius 3 is 3.00 bits per heavy atom. The van der Waals surface area contributed by atoms with E-state index in [1.54, 1.807) is 0 Å². The van der Waals surface area contributed by atoms with Gasteiger partial charge in [-0.05, 0) is 19.3 Å². The topological polar surface area (TPSA) is 26.0 Å². The van der Waals surface area contributed by atoms with Gasteiger partial charge in [-0.2, -0.15) is 0 Å². The number of nitrogens with zero attached hydrogens (tertiary/aromatic N) is 1. The molecule has 1 heterocycles. The van der Waals surface area contributed by atoms with Crippen molar-refractivity contribution in [3.05, 3.63) is 17.8 Å². The Bertz CT molecular complexity index is 278. The molecule has 1 saturated carbocycles. The largest absolute Gasteiger partial charge is 0.444 e. The van der Waals surface area contributed by atoms with Gasteiger partial charge in [-0.3, -0.25) is 0 Å². The van der Waals surface area contributed by atoms with E-state index in [0.717, 1.165) is 37.3 Å². The summed E-state index contributed by atoms with van der Waals surface area (Å²) in [6, 6.07) is 0. The van der Waals surface area contributed by atoms with Gasteiger partial charge in [-0.15, -0.1) is 0 Å². The Morgan fingerprint density at radius 1 is 1.67 bits per heavy atom. The molecular formula is C9H12BrNO. The van der Waals surface area contributed by atoms with Crippen LogP contribution in [-0.4, -0.2) is 4.98 Å². The van der Waals surface area contributed by atoms with Crippen LogP contribution in [0.4, 0.5) is 0 Å². The Balaban J connectivity index is 2.13. The highest BCUT2D eigenvalue weighted by atomic mass is 79.9. The quantitative estimate of drug-likeness (QED) is 0.746. The Morgan fingerprint density at radius 2 is 2.42 bits per heavy atom. The lowest BCUT2D eigenvalue weighted by Crippen LogP contribution is -1.93. The number of hydrogen-bond donors (Lipinski definition) is 0. The smallest absolute Gasteiger partial charge is 0.211 e. The first kappa shape index (κ1) is 8.30. The molecular weight excluding hydrogens is 218 g/mol. The number of aryl methyl sites for hydroxylation is 1. The van der Waals surface area contributed by atoms with Gasteiger partial charge in [0.25, 0.3) is 0 Å². The summed E-state index contributed by atoms with van der Waals surface area (Å²) in [5.41, 5.74) is 0. The normalized spacial score (nSPS) is 19.5. The number of aromatic nitrogens is 1. The van der Waals surface area contributed by atoms with E-state index in [4.69, 9.17) is 4.42 Å². The molecule has 1 aromatic heterocycles. The SMILES string of the molecule is CCCc1cnc(C2(Br)CC2)o1. The second kappa shape index (κ2) is 2.87. The third-order valence-electron chi connectivity index (χ3n) is 2.12. The molecule has 0 amide bonds. The molecule has 2 nitrogen and oxygen atoms in total. The van der Waals surface area contributed by atoms with Crippen LogP contribution >= 0.6 is 15.9 Å².